The van der Waals surface area contributed by atoms with Gasteiger partial charge in [0.25, 0.3) is 5.91 Å². The van der Waals surface area contributed by atoms with Gasteiger partial charge in [-0.3, -0.25) is 14.5 Å². The van der Waals surface area contributed by atoms with E-state index in [1.807, 2.05) is 17.0 Å². The average Bonchev–Trinajstić information content (AvgIpc) is 3.38. The average molecular weight is 386 g/mol. The lowest BCUT2D eigenvalue weighted by atomic mass is 9.83. The van der Waals surface area contributed by atoms with E-state index in [1.54, 1.807) is 24.1 Å². The number of hydrogen-bond acceptors (Lipinski definition) is 4. The Labute approximate surface area is 166 Å². The van der Waals surface area contributed by atoms with Crippen LogP contribution in [0.15, 0.2) is 24.3 Å². The Hall–Kier alpha value is -2.08. The minimum atomic E-state index is -0.660. The van der Waals surface area contributed by atoms with Crippen LogP contribution in [0.2, 0.25) is 0 Å². The lowest BCUT2D eigenvalue weighted by Gasteiger charge is -2.43. The van der Waals surface area contributed by atoms with E-state index in [0.717, 1.165) is 51.6 Å². The highest BCUT2D eigenvalue weighted by Gasteiger charge is 2.54. The molecule has 1 spiro atoms. The monoisotopic (exact) mass is 386 g/mol. The normalized spacial score (nSPS) is 30.1. The third-order valence-corrected chi connectivity index (χ3v) is 6.55. The summed E-state index contributed by atoms with van der Waals surface area (Å²) in [4.78, 5) is 30.5. The first kappa shape index (κ1) is 19.2. The van der Waals surface area contributed by atoms with Gasteiger partial charge in [0.2, 0.25) is 5.91 Å². The van der Waals surface area contributed by atoms with E-state index in [-0.39, 0.29) is 11.8 Å². The molecular formula is C22H30N2O4. The summed E-state index contributed by atoms with van der Waals surface area (Å²) in [6.45, 7) is 4.09. The SMILES string of the molecule is COc1cccc(C(=O)N2[C@@H](C(=O)N3CCCC3)COC23CCC(C)CC3)c1. The molecule has 2 saturated heterocycles. The van der Waals surface area contributed by atoms with Crippen LogP contribution in [0.5, 0.6) is 5.75 Å². The maximum Gasteiger partial charge on any atom is 0.257 e. The lowest BCUT2D eigenvalue weighted by Crippen LogP contribution is -2.57. The van der Waals surface area contributed by atoms with Crippen LogP contribution in [0.3, 0.4) is 0 Å². The molecule has 3 aliphatic rings. The number of likely N-dealkylation sites (tertiary alicyclic amines) is 1. The molecule has 28 heavy (non-hydrogen) atoms. The number of ether oxygens (including phenoxy) is 2. The Bertz CT molecular complexity index is 736. The number of rotatable bonds is 3. The van der Waals surface area contributed by atoms with Crippen molar-refractivity contribution in [2.45, 2.75) is 57.2 Å². The Morgan fingerprint density at radius 2 is 1.89 bits per heavy atom. The Kier molecular flexibility index (Phi) is 5.32. The molecule has 6 heteroatoms. The summed E-state index contributed by atoms with van der Waals surface area (Å²) in [5.41, 5.74) is -0.116. The molecule has 0 radical (unpaired) electrons. The van der Waals surface area contributed by atoms with Gasteiger partial charge in [-0.2, -0.15) is 0 Å². The lowest BCUT2D eigenvalue weighted by molar-refractivity contribution is -0.136. The molecule has 1 atom stereocenters. The molecular weight excluding hydrogens is 356 g/mol. The number of benzene rings is 1. The molecule has 0 aromatic heterocycles. The molecule has 2 amide bonds. The van der Waals surface area contributed by atoms with Crippen LogP contribution in [-0.2, 0) is 9.53 Å². The molecule has 2 heterocycles. The Morgan fingerprint density at radius 3 is 2.57 bits per heavy atom. The van der Waals surface area contributed by atoms with Crippen LogP contribution in [0, 0.1) is 5.92 Å². The van der Waals surface area contributed by atoms with Crippen LogP contribution in [0.1, 0.15) is 55.8 Å². The van der Waals surface area contributed by atoms with Crippen LogP contribution in [-0.4, -0.2) is 60.2 Å². The van der Waals surface area contributed by atoms with Crippen molar-refractivity contribution in [2.75, 3.05) is 26.8 Å². The quantitative estimate of drug-likeness (QED) is 0.801. The van der Waals surface area contributed by atoms with E-state index in [1.165, 1.54) is 0 Å². The first-order valence-corrected chi connectivity index (χ1v) is 10.4. The van der Waals surface area contributed by atoms with Crippen molar-refractivity contribution < 1.29 is 19.1 Å². The van der Waals surface area contributed by atoms with Crippen molar-refractivity contribution >= 4 is 11.8 Å². The van der Waals surface area contributed by atoms with Crippen LogP contribution < -0.4 is 4.74 Å². The third kappa shape index (κ3) is 3.39. The number of carbonyl (C=O) groups is 2. The second-order valence-corrected chi connectivity index (χ2v) is 8.40. The fourth-order valence-corrected chi connectivity index (χ4v) is 4.81. The summed E-state index contributed by atoms with van der Waals surface area (Å²) in [7, 11) is 1.59. The summed E-state index contributed by atoms with van der Waals surface area (Å²) in [6.07, 6.45) is 5.65. The number of carbonyl (C=O) groups excluding carboxylic acids is 2. The molecule has 3 fully saturated rings. The Balaban J connectivity index is 1.67. The summed E-state index contributed by atoms with van der Waals surface area (Å²) >= 11 is 0. The molecule has 1 aromatic rings. The van der Waals surface area contributed by atoms with Crippen molar-refractivity contribution in [3.05, 3.63) is 29.8 Å². The molecule has 6 nitrogen and oxygen atoms in total. The van der Waals surface area contributed by atoms with Gasteiger partial charge in [0.1, 0.15) is 17.5 Å². The maximum absolute atomic E-state index is 13.6. The van der Waals surface area contributed by atoms with Gasteiger partial charge in [-0.15, -0.1) is 0 Å². The number of methoxy groups -OCH3 is 1. The van der Waals surface area contributed by atoms with Gasteiger partial charge in [-0.1, -0.05) is 13.0 Å². The predicted octanol–water partition coefficient (Wildman–Crippen LogP) is 3.07. The number of nitrogens with zero attached hydrogens (tertiary/aromatic N) is 2. The minimum absolute atomic E-state index is 0.0317. The predicted molar refractivity (Wildman–Crippen MR) is 105 cm³/mol. The molecule has 0 N–H and O–H groups in total. The second-order valence-electron chi connectivity index (χ2n) is 8.40. The zero-order valence-electron chi connectivity index (χ0n) is 16.9. The summed E-state index contributed by atoms with van der Waals surface area (Å²) < 4.78 is 11.6. The fraction of sp³-hybridized carbons (Fsp3) is 0.636. The summed E-state index contributed by atoms with van der Waals surface area (Å²) in [5.74, 6) is 1.16. The Morgan fingerprint density at radius 1 is 1.18 bits per heavy atom. The van der Waals surface area contributed by atoms with Gasteiger partial charge in [0, 0.05) is 18.7 Å². The molecule has 1 aliphatic carbocycles. The second kappa shape index (κ2) is 7.74. The zero-order valence-corrected chi connectivity index (χ0v) is 16.9. The molecule has 0 unspecified atom stereocenters. The molecule has 1 saturated carbocycles. The van der Waals surface area contributed by atoms with Crippen molar-refractivity contribution in [3.8, 4) is 5.75 Å². The van der Waals surface area contributed by atoms with E-state index in [4.69, 9.17) is 9.47 Å². The van der Waals surface area contributed by atoms with Crippen LogP contribution >= 0.6 is 0 Å². The van der Waals surface area contributed by atoms with E-state index < -0.39 is 11.8 Å². The summed E-state index contributed by atoms with van der Waals surface area (Å²) in [6, 6.07) is 6.64. The molecule has 2 aliphatic heterocycles. The van der Waals surface area contributed by atoms with Crippen LogP contribution in [0.4, 0.5) is 0 Å². The van der Waals surface area contributed by atoms with Gasteiger partial charge in [0.05, 0.1) is 13.7 Å². The topological polar surface area (TPSA) is 59.1 Å². The van der Waals surface area contributed by atoms with Gasteiger partial charge in [-0.25, -0.2) is 0 Å². The minimum Gasteiger partial charge on any atom is -0.497 e. The zero-order chi connectivity index (χ0) is 19.7. The van der Waals surface area contributed by atoms with Crippen molar-refractivity contribution in [2.24, 2.45) is 5.92 Å². The fourth-order valence-electron chi connectivity index (χ4n) is 4.81. The molecule has 0 bridgehead atoms. The highest BCUT2D eigenvalue weighted by atomic mass is 16.5. The summed E-state index contributed by atoms with van der Waals surface area (Å²) in [5, 5.41) is 0. The highest BCUT2D eigenvalue weighted by Crippen LogP contribution is 2.43. The van der Waals surface area contributed by atoms with Crippen molar-refractivity contribution in [1.29, 1.82) is 0 Å². The molecule has 1 aromatic carbocycles. The molecule has 4 rings (SSSR count). The largest absolute Gasteiger partial charge is 0.497 e. The van der Waals surface area contributed by atoms with E-state index in [9.17, 15) is 9.59 Å². The van der Waals surface area contributed by atoms with Crippen LogP contribution in [0.25, 0.3) is 0 Å². The number of amides is 2. The molecule has 152 valence electrons. The van der Waals surface area contributed by atoms with E-state index >= 15 is 0 Å². The van der Waals surface area contributed by atoms with Gasteiger partial charge in [-0.05, 0) is 62.6 Å². The van der Waals surface area contributed by atoms with E-state index in [2.05, 4.69) is 6.92 Å². The third-order valence-electron chi connectivity index (χ3n) is 6.55. The maximum atomic E-state index is 13.6. The first-order valence-electron chi connectivity index (χ1n) is 10.4. The van der Waals surface area contributed by atoms with Gasteiger partial charge < -0.3 is 14.4 Å². The highest BCUT2D eigenvalue weighted by molar-refractivity contribution is 5.98. The van der Waals surface area contributed by atoms with Crippen molar-refractivity contribution in [1.82, 2.24) is 9.80 Å². The number of hydrogen-bond donors (Lipinski definition) is 0. The van der Waals surface area contributed by atoms with Gasteiger partial charge in [0.15, 0.2) is 0 Å². The standard InChI is InChI=1S/C22H30N2O4/c1-16-8-10-22(11-9-16)24(20(25)17-6-5-7-18(14-17)27-2)19(15-28-22)21(26)23-12-3-4-13-23/h5-7,14,16,19H,3-4,8-13,15H2,1-2H3/t16?,19-,22?/m1/s1. The van der Waals surface area contributed by atoms with E-state index in [0.29, 0.717) is 23.8 Å². The first-order chi connectivity index (χ1) is 13.5. The van der Waals surface area contributed by atoms with Gasteiger partial charge >= 0.3 is 0 Å². The smallest absolute Gasteiger partial charge is 0.257 e. The van der Waals surface area contributed by atoms with Crippen molar-refractivity contribution in [3.63, 3.8) is 0 Å².